The first kappa shape index (κ1) is 34.5. The Labute approximate surface area is 298 Å². The van der Waals surface area contributed by atoms with Crippen molar-refractivity contribution < 1.29 is 36.2 Å². The summed E-state index contributed by atoms with van der Waals surface area (Å²) in [5, 5.41) is 0. The molecule has 52 heavy (non-hydrogen) atoms. The number of halogens is 4. The maximum atomic E-state index is 15.1. The van der Waals surface area contributed by atoms with Gasteiger partial charge in [-0.1, -0.05) is 60.7 Å². The lowest BCUT2D eigenvalue weighted by molar-refractivity contribution is 0.263. The lowest BCUT2D eigenvalue weighted by Crippen LogP contribution is -2.42. The highest BCUT2D eigenvalue weighted by molar-refractivity contribution is 6.62. The topological polar surface area (TPSA) is 61.6 Å². The van der Waals surface area contributed by atoms with Crippen molar-refractivity contribution in [1.82, 2.24) is 0 Å². The summed E-state index contributed by atoms with van der Waals surface area (Å²) in [4.78, 5) is 9.27. The minimum atomic E-state index is -1.25. The number of hydrogen-bond acceptors (Lipinski definition) is 6. The molecule has 1 aliphatic heterocycles. The highest BCUT2D eigenvalue weighted by atomic mass is 19.1. The molecule has 0 aliphatic carbocycles. The molecular formula is C40H28B2F4N2O4. The van der Waals surface area contributed by atoms with Gasteiger partial charge in [0.15, 0.2) is 0 Å². The number of hydrogen-bond donors (Lipinski definition) is 0. The fourth-order valence-corrected chi connectivity index (χ4v) is 5.46. The third kappa shape index (κ3) is 8.48. The van der Waals surface area contributed by atoms with Crippen LogP contribution in [0.4, 0.5) is 28.9 Å². The predicted octanol–water partition coefficient (Wildman–Crippen LogP) is 8.04. The Balaban J connectivity index is 1.29. The summed E-state index contributed by atoms with van der Waals surface area (Å²) in [6, 6.07) is 34.9. The van der Waals surface area contributed by atoms with Crippen LogP contribution in [0.15, 0.2) is 143 Å². The monoisotopic (exact) mass is 698 g/mol. The zero-order chi connectivity index (χ0) is 35.9. The molecule has 0 amide bonds. The molecule has 0 spiro atoms. The molecule has 0 atom stereocenters. The van der Waals surface area contributed by atoms with Crippen LogP contribution in [-0.2, 0) is 22.5 Å². The number of para-hydroxylation sites is 2. The molecule has 256 valence electrons. The Morgan fingerprint density at radius 2 is 0.904 bits per heavy atom. The quantitative estimate of drug-likeness (QED) is 0.136. The highest BCUT2D eigenvalue weighted by Crippen LogP contribution is 2.24. The van der Waals surface area contributed by atoms with Gasteiger partial charge in [0, 0.05) is 46.6 Å². The smallest absolute Gasteiger partial charge is 0.532 e. The van der Waals surface area contributed by atoms with Crippen LogP contribution in [0.5, 0.6) is 11.5 Å². The van der Waals surface area contributed by atoms with E-state index in [1.165, 1.54) is 12.1 Å². The molecule has 6 aromatic rings. The van der Waals surface area contributed by atoms with Gasteiger partial charge in [-0.05, 0) is 71.8 Å². The Kier molecular flexibility index (Phi) is 10.6. The third-order valence-corrected chi connectivity index (χ3v) is 8.07. The molecule has 0 aromatic heterocycles. The van der Waals surface area contributed by atoms with Crippen LogP contribution in [0, 0.1) is 23.3 Å². The normalized spacial score (nSPS) is 13.5. The van der Waals surface area contributed by atoms with Crippen molar-refractivity contribution in [2.45, 2.75) is 13.2 Å². The number of fused-ring (bicyclic) bond motifs is 6. The van der Waals surface area contributed by atoms with Crippen molar-refractivity contribution in [2.75, 3.05) is 0 Å². The van der Waals surface area contributed by atoms with Crippen LogP contribution in [0.2, 0.25) is 0 Å². The number of benzene rings is 6. The van der Waals surface area contributed by atoms with Crippen molar-refractivity contribution in [1.29, 1.82) is 0 Å². The minimum absolute atomic E-state index is 0.00412. The van der Waals surface area contributed by atoms with Gasteiger partial charge in [-0.2, -0.15) is 0 Å². The molecule has 0 saturated carbocycles. The molecule has 0 radical (unpaired) electrons. The van der Waals surface area contributed by atoms with E-state index in [1.807, 2.05) is 12.1 Å². The van der Waals surface area contributed by atoms with E-state index >= 15 is 8.78 Å². The van der Waals surface area contributed by atoms with E-state index in [4.69, 9.17) is 18.6 Å². The van der Waals surface area contributed by atoms with Crippen LogP contribution in [0.1, 0.15) is 22.3 Å². The third-order valence-electron chi connectivity index (χ3n) is 8.07. The van der Waals surface area contributed by atoms with Gasteiger partial charge in [-0.15, -0.1) is 0 Å². The summed E-state index contributed by atoms with van der Waals surface area (Å²) in [6.07, 6.45) is 3.19. The average molecular weight is 698 g/mol. The predicted molar refractivity (Wildman–Crippen MR) is 195 cm³/mol. The largest absolute Gasteiger partial charge is 0.566 e. The molecular weight excluding hydrogens is 670 g/mol. The molecule has 7 rings (SSSR count). The summed E-state index contributed by atoms with van der Waals surface area (Å²) < 4.78 is 82.8. The summed E-state index contributed by atoms with van der Waals surface area (Å²) in [5.41, 5.74) is 3.71. The van der Waals surface area contributed by atoms with Crippen LogP contribution >= 0.6 is 0 Å². The summed E-state index contributed by atoms with van der Waals surface area (Å²) in [6.45, 7) is -0.00825. The minimum Gasteiger partial charge on any atom is -0.532 e. The molecule has 0 fully saturated rings. The van der Waals surface area contributed by atoms with Crippen LogP contribution < -0.4 is 20.2 Å². The first-order valence-electron chi connectivity index (χ1n) is 16.3. The van der Waals surface area contributed by atoms with Crippen molar-refractivity contribution in [3.8, 4) is 11.5 Å². The molecule has 1 heterocycles. The van der Waals surface area contributed by atoms with Gasteiger partial charge in [0.05, 0.1) is 24.6 Å². The zero-order valence-corrected chi connectivity index (χ0v) is 27.5. The molecule has 1 aliphatic rings. The summed E-state index contributed by atoms with van der Waals surface area (Å²) in [5.74, 6) is -2.40. The first-order chi connectivity index (χ1) is 25.4. The van der Waals surface area contributed by atoms with Crippen molar-refractivity contribution in [2.24, 2.45) is 9.98 Å². The van der Waals surface area contributed by atoms with E-state index in [0.29, 0.717) is 45.1 Å². The maximum absolute atomic E-state index is 15.1. The highest BCUT2D eigenvalue weighted by Gasteiger charge is 2.30. The van der Waals surface area contributed by atoms with Crippen LogP contribution in [0.3, 0.4) is 0 Å². The van der Waals surface area contributed by atoms with Crippen LogP contribution in [0.25, 0.3) is 0 Å². The van der Waals surface area contributed by atoms with Gasteiger partial charge < -0.3 is 18.6 Å². The zero-order valence-electron chi connectivity index (χ0n) is 27.5. The van der Waals surface area contributed by atoms with E-state index in [-0.39, 0.29) is 24.1 Å². The fourth-order valence-electron chi connectivity index (χ4n) is 5.46. The van der Waals surface area contributed by atoms with E-state index < -0.39 is 37.5 Å². The second-order valence-corrected chi connectivity index (χ2v) is 11.8. The Bertz CT molecular complexity index is 2110. The van der Waals surface area contributed by atoms with E-state index in [0.717, 1.165) is 24.3 Å². The molecule has 4 bridgehead atoms. The number of nitrogens with zero attached hydrogens (tertiary/aromatic N) is 2. The summed E-state index contributed by atoms with van der Waals surface area (Å²) in [7, 11) is -2.49. The molecule has 6 nitrogen and oxygen atoms in total. The van der Waals surface area contributed by atoms with E-state index in [9.17, 15) is 8.78 Å². The van der Waals surface area contributed by atoms with Crippen LogP contribution in [-0.4, -0.2) is 26.7 Å². The number of aliphatic imine (C=N–C) groups is 2. The standard InChI is InChI=1S/C40H28B2F4N2O4/c43-31-15-17-35(37(45)21-31)41-49-25-28-8-6-12-34(20-28)48-24-30-10-2-4-14-40(30)52-42(36-18-16-32(44)22-38(36)46)50-26-27-7-5-11-33(19-27)47-23-29-9-1-3-13-39(29)51-41/h1-24H,25-26H2. The van der Waals surface area contributed by atoms with Gasteiger partial charge in [-0.25, -0.2) is 17.6 Å². The fraction of sp³-hybridized carbons (Fsp3) is 0.0500. The molecule has 0 saturated heterocycles. The Hall–Kier alpha value is -5.97. The second-order valence-electron chi connectivity index (χ2n) is 11.8. The van der Waals surface area contributed by atoms with Crippen molar-refractivity contribution in [3.05, 3.63) is 179 Å². The average Bonchev–Trinajstić information content (AvgIpc) is 3.14. The van der Waals surface area contributed by atoms with Gasteiger partial charge in [-0.3, -0.25) is 9.98 Å². The first-order valence-corrected chi connectivity index (χ1v) is 16.3. The number of rotatable bonds is 2. The molecule has 6 aromatic carbocycles. The molecule has 0 unspecified atom stereocenters. The van der Waals surface area contributed by atoms with Gasteiger partial charge in [0.2, 0.25) is 0 Å². The Morgan fingerprint density at radius 1 is 0.462 bits per heavy atom. The Morgan fingerprint density at radius 3 is 1.35 bits per heavy atom. The molecule has 12 heteroatoms. The molecule has 0 N–H and O–H groups in total. The van der Waals surface area contributed by atoms with Gasteiger partial charge in [0.25, 0.3) is 0 Å². The maximum Gasteiger partial charge on any atom is 0.566 e. The van der Waals surface area contributed by atoms with Crippen molar-refractivity contribution >= 4 is 49.0 Å². The van der Waals surface area contributed by atoms with Crippen molar-refractivity contribution in [3.63, 3.8) is 0 Å². The summed E-state index contributed by atoms with van der Waals surface area (Å²) >= 11 is 0. The lowest BCUT2D eigenvalue weighted by Gasteiger charge is -2.19. The lowest BCUT2D eigenvalue weighted by atomic mass is 9.78. The SMILES string of the molecule is Fc1ccc(B2OCc3cccc(c3)N=Cc3ccccc3OB(c3ccc(F)cc3F)OCc3cccc(c3)N=Cc3ccccc3O2)c(F)c1. The second kappa shape index (κ2) is 15.9. The van der Waals surface area contributed by atoms with Gasteiger partial charge >= 0.3 is 14.2 Å². The van der Waals surface area contributed by atoms with Gasteiger partial charge in [0.1, 0.15) is 34.8 Å². The van der Waals surface area contributed by atoms with E-state index in [1.54, 1.807) is 97.4 Å². The van der Waals surface area contributed by atoms with E-state index in [2.05, 4.69) is 9.98 Å².